The summed E-state index contributed by atoms with van der Waals surface area (Å²) in [6.45, 7) is -0.0510. The molecule has 3 aromatic rings. The van der Waals surface area contributed by atoms with E-state index in [-0.39, 0.29) is 18.2 Å². The Bertz CT molecular complexity index is 1200. The summed E-state index contributed by atoms with van der Waals surface area (Å²) in [6, 6.07) is 16.5. The van der Waals surface area contributed by atoms with Crippen molar-refractivity contribution in [3.63, 3.8) is 0 Å². The Kier molecular flexibility index (Phi) is 5.23. The van der Waals surface area contributed by atoms with Crippen molar-refractivity contribution >= 4 is 28.8 Å². The number of amides is 1. The summed E-state index contributed by atoms with van der Waals surface area (Å²) in [5, 5.41) is 6.20. The highest BCUT2D eigenvalue weighted by molar-refractivity contribution is 6.02. The number of fused-ring (bicyclic) bond motifs is 1. The van der Waals surface area contributed by atoms with Crippen LogP contribution in [0.5, 0.6) is 0 Å². The Labute approximate surface area is 184 Å². The first-order chi connectivity index (χ1) is 15.6. The average Bonchev–Trinajstić information content (AvgIpc) is 3.25. The SMILES string of the molecule is O=C(CN1c2ccccc2NC2=C(C(=O)CCC2)[C@@H]1c1ccco1)Nc1cccc(F)c1. The summed E-state index contributed by atoms with van der Waals surface area (Å²) >= 11 is 0. The zero-order chi connectivity index (χ0) is 22.1. The first kappa shape index (κ1) is 20.1. The summed E-state index contributed by atoms with van der Waals surface area (Å²) in [5.41, 5.74) is 3.47. The second-order valence-electron chi connectivity index (χ2n) is 7.92. The first-order valence-corrected chi connectivity index (χ1v) is 10.6. The van der Waals surface area contributed by atoms with Crippen LogP contribution >= 0.6 is 0 Å². The van der Waals surface area contributed by atoms with Gasteiger partial charge in [0.25, 0.3) is 0 Å². The van der Waals surface area contributed by atoms with Gasteiger partial charge in [0, 0.05) is 23.4 Å². The fraction of sp³-hybridized carbons (Fsp3) is 0.200. The molecule has 2 heterocycles. The van der Waals surface area contributed by atoms with Crippen LogP contribution in [-0.2, 0) is 9.59 Å². The van der Waals surface area contributed by atoms with Crippen molar-refractivity contribution in [3.05, 3.63) is 89.8 Å². The van der Waals surface area contributed by atoms with E-state index in [1.54, 1.807) is 24.5 Å². The molecule has 0 saturated heterocycles. The third kappa shape index (κ3) is 3.77. The van der Waals surface area contributed by atoms with Gasteiger partial charge >= 0.3 is 0 Å². The number of nitrogens with one attached hydrogen (secondary N) is 2. The van der Waals surface area contributed by atoms with Gasteiger partial charge in [-0.15, -0.1) is 0 Å². The summed E-state index contributed by atoms with van der Waals surface area (Å²) in [7, 11) is 0. The lowest BCUT2D eigenvalue weighted by atomic mass is 9.88. The monoisotopic (exact) mass is 431 g/mol. The zero-order valence-corrected chi connectivity index (χ0v) is 17.3. The number of anilines is 3. The standard InChI is InChI=1S/C25H22FN3O3/c26-16-6-3-7-17(14-16)27-23(31)15-29-20-10-2-1-8-18(20)28-19-9-4-11-21(30)24(19)25(29)22-12-5-13-32-22/h1-3,5-8,10,12-14,25,28H,4,9,11,15H2,(H,27,31)/t25-/m0/s1. The highest BCUT2D eigenvalue weighted by atomic mass is 19.1. The van der Waals surface area contributed by atoms with Crippen molar-refractivity contribution in [2.75, 3.05) is 22.1 Å². The van der Waals surface area contributed by atoms with Gasteiger partial charge in [-0.05, 0) is 55.3 Å². The van der Waals surface area contributed by atoms with E-state index in [1.807, 2.05) is 35.2 Å². The van der Waals surface area contributed by atoms with Gasteiger partial charge in [-0.1, -0.05) is 18.2 Å². The molecule has 1 atom stereocenters. The molecule has 1 aromatic heterocycles. The molecule has 1 amide bonds. The van der Waals surface area contributed by atoms with Gasteiger partial charge in [0.1, 0.15) is 17.6 Å². The number of rotatable bonds is 4. The molecule has 2 aliphatic rings. The predicted molar refractivity (Wildman–Crippen MR) is 120 cm³/mol. The number of furan rings is 1. The van der Waals surface area contributed by atoms with Crippen LogP contribution in [0.4, 0.5) is 21.5 Å². The molecule has 0 spiro atoms. The predicted octanol–water partition coefficient (Wildman–Crippen LogP) is 5.04. The minimum Gasteiger partial charge on any atom is -0.467 e. The molecule has 1 aliphatic carbocycles. The number of carbonyl (C=O) groups excluding carboxylic acids is 2. The Balaban J connectivity index is 1.58. The second-order valence-corrected chi connectivity index (χ2v) is 7.92. The molecule has 0 radical (unpaired) electrons. The van der Waals surface area contributed by atoms with Crippen molar-refractivity contribution < 1.29 is 18.4 Å². The number of hydrogen-bond donors (Lipinski definition) is 2. The van der Waals surface area contributed by atoms with Crippen LogP contribution in [0.1, 0.15) is 31.1 Å². The number of halogens is 1. The lowest BCUT2D eigenvalue weighted by Crippen LogP contribution is -2.38. The molecule has 32 heavy (non-hydrogen) atoms. The third-order valence-corrected chi connectivity index (χ3v) is 5.78. The van der Waals surface area contributed by atoms with E-state index in [4.69, 9.17) is 4.42 Å². The van der Waals surface area contributed by atoms with Crippen LogP contribution in [0.25, 0.3) is 0 Å². The van der Waals surface area contributed by atoms with E-state index >= 15 is 0 Å². The lowest BCUT2D eigenvalue weighted by Gasteiger charge is -2.33. The van der Waals surface area contributed by atoms with E-state index in [9.17, 15) is 14.0 Å². The Hall–Kier alpha value is -3.87. The molecule has 5 rings (SSSR count). The van der Waals surface area contributed by atoms with Crippen molar-refractivity contribution in [2.24, 2.45) is 0 Å². The smallest absolute Gasteiger partial charge is 0.243 e. The zero-order valence-electron chi connectivity index (χ0n) is 17.3. The lowest BCUT2D eigenvalue weighted by molar-refractivity contribution is -0.117. The second kappa shape index (κ2) is 8.34. The van der Waals surface area contributed by atoms with E-state index in [0.717, 1.165) is 29.9 Å². The first-order valence-electron chi connectivity index (χ1n) is 10.6. The van der Waals surface area contributed by atoms with E-state index in [0.29, 0.717) is 23.4 Å². The van der Waals surface area contributed by atoms with Crippen LogP contribution in [-0.4, -0.2) is 18.2 Å². The maximum absolute atomic E-state index is 13.6. The Morgan fingerprint density at radius 3 is 2.81 bits per heavy atom. The topological polar surface area (TPSA) is 74.6 Å². The molecule has 0 fully saturated rings. The number of nitrogens with zero attached hydrogens (tertiary/aromatic N) is 1. The number of carbonyl (C=O) groups is 2. The number of Topliss-reactive ketones (excluding diaryl/α,β-unsaturated/α-hetero) is 1. The van der Waals surface area contributed by atoms with Gasteiger partial charge < -0.3 is 20.0 Å². The van der Waals surface area contributed by atoms with Gasteiger partial charge in [-0.2, -0.15) is 0 Å². The van der Waals surface area contributed by atoms with Crippen LogP contribution in [0.3, 0.4) is 0 Å². The molecule has 0 bridgehead atoms. The van der Waals surface area contributed by atoms with Crippen molar-refractivity contribution in [1.82, 2.24) is 0 Å². The third-order valence-electron chi connectivity index (χ3n) is 5.78. The molecule has 2 aromatic carbocycles. The van der Waals surface area contributed by atoms with Crippen molar-refractivity contribution in [3.8, 4) is 0 Å². The maximum atomic E-state index is 13.6. The summed E-state index contributed by atoms with van der Waals surface area (Å²) in [6.07, 6.45) is 3.54. The number of hydrogen-bond acceptors (Lipinski definition) is 5. The maximum Gasteiger partial charge on any atom is 0.243 e. The van der Waals surface area contributed by atoms with Crippen molar-refractivity contribution in [2.45, 2.75) is 25.3 Å². The highest BCUT2D eigenvalue weighted by Crippen LogP contribution is 2.44. The van der Waals surface area contributed by atoms with E-state index in [1.165, 1.54) is 12.1 Å². The van der Waals surface area contributed by atoms with Crippen LogP contribution in [0.15, 0.2) is 82.6 Å². The van der Waals surface area contributed by atoms with Gasteiger partial charge in [0.05, 0.1) is 24.2 Å². The number of allylic oxidation sites excluding steroid dienone is 1. The largest absolute Gasteiger partial charge is 0.467 e. The summed E-state index contributed by atoms with van der Waals surface area (Å²) in [4.78, 5) is 28.0. The molecule has 7 heteroatoms. The molecule has 1 aliphatic heterocycles. The Morgan fingerprint density at radius 2 is 2.00 bits per heavy atom. The quantitative estimate of drug-likeness (QED) is 0.606. The van der Waals surface area contributed by atoms with Gasteiger partial charge in [-0.25, -0.2) is 4.39 Å². The summed E-state index contributed by atoms with van der Waals surface area (Å²) in [5.74, 6) is -0.120. The molecule has 0 saturated carbocycles. The number of ketones is 1. The summed E-state index contributed by atoms with van der Waals surface area (Å²) < 4.78 is 19.3. The number of para-hydroxylation sites is 2. The van der Waals surface area contributed by atoms with E-state index < -0.39 is 11.9 Å². The van der Waals surface area contributed by atoms with Gasteiger partial charge in [0.15, 0.2) is 5.78 Å². The van der Waals surface area contributed by atoms with Crippen LogP contribution < -0.4 is 15.5 Å². The molecule has 6 nitrogen and oxygen atoms in total. The van der Waals surface area contributed by atoms with Crippen LogP contribution in [0.2, 0.25) is 0 Å². The minimum absolute atomic E-state index is 0.0449. The molecule has 0 unspecified atom stereocenters. The Morgan fingerprint density at radius 1 is 1.12 bits per heavy atom. The number of benzene rings is 2. The average molecular weight is 431 g/mol. The van der Waals surface area contributed by atoms with Crippen molar-refractivity contribution in [1.29, 1.82) is 0 Å². The normalized spacial score (nSPS) is 17.8. The van der Waals surface area contributed by atoms with Crippen LogP contribution in [0, 0.1) is 5.82 Å². The van der Waals surface area contributed by atoms with Gasteiger partial charge in [0.2, 0.25) is 5.91 Å². The molecular formula is C25H22FN3O3. The minimum atomic E-state index is -0.554. The fourth-order valence-electron chi connectivity index (χ4n) is 4.44. The fourth-order valence-corrected chi connectivity index (χ4v) is 4.44. The van der Waals surface area contributed by atoms with E-state index in [2.05, 4.69) is 10.6 Å². The highest BCUT2D eigenvalue weighted by Gasteiger charge is 2.38. The molecule has 162 valence electrons. The molecular weight excluding hydrogens is 409 g/mol. The molecule has 2 N–H and O–H groups in total. The van der Waals surface area contributed by atoms with Gasteiger partial charge in [-0.3, -0.25) is 9.59 Å².